The highest BCUT2D eigenvalue weighted by Crippen LogP contribution is 2.34. The Labute approximate surface area is 372 Å². The summed E-state index contributed by atoms with van der Waals surface area (Å²) in [6, 6.07) is 6.59. The Morgan fingerprint density at radius 3 is 2.11 bits per heavy atom. The third-order valence-electron chi connectivity index (χ3n) is 13.4. The molecule has 1 aromatic heterocycles. The van der Waals surface area contributed by atoms with Gasteiger partial charge in [-0.15, -0.1) is 0 Å². The van der Waals surface area contributed by atoms with Gasteiger partial charge >= 0.3 is 0 Å². The van der Waals surface area contributed by atoms with Crippen LogP contribution < -0.4 is 16.0 Å². The lowest BCUT2D eigenvalue weighted by Gasteiger charge is -2.32. The first-order valence-electron chi connectivity index (χ1n) is 23.4. The third-order valence-corrected chi connectivity index (χ3v) is 13.4. The molecule has 5 rings (SSSR count). The van der Waals surface area contributed by atoms with Gasteiger partial charge in [0.15, 0.2) is 11.6 Å². The molecule has 0 saturated heterocycles. The second-order valence-electron chi connectivity index (χ2n) is 18.3. The minimum atomic E-state index is -0.949. The van der Waals surface area contributed by atoms with Crippen LogP contribution in [-0.4, -0.2) is 87.8 Å². The van der Waals surface area contributed by atoms with Crippen molar-refractivity contribution in [2.75, 3.05) is 14.1 Å². The lowest BCUT2D eigenvalue weighted by atomic mass is 9.77. The topological polar surface area (TPSA) is 202 Å². The zero-order chi connectivity index (χ0) is 45.3. The van der Waals surface area contributed by atoms with Crippen LogP contribution in [0.4, 0.5) is 0 Å². The molecule has 1 aromatic carbocycles. The summed E-state index contributed by atoms with van der Waals surface area (Å²) in [6.45, 7) is 1.88. The van der Waals surface area contributed by atoms with Gasteiger partial charge in [-0.1, -0.05) is 101 Å². The van der Waals surface area contributed by atoms with Gasteiger partial charge in [-0.3, -0.25) is 43.3 Å². The second kappa shape index (κ2) is 24.6. The lowest BCUT2D eigenvalue weighted by molar-refractivity contribution is -0.141. The quantitative estimate of drug-likeness (QED) is 0.108. The number of aromatic nitrogens is 2. The maximum Gasteiger partial charge on any atom is 0.272 e. The molecule has 3 aliphatic rings. The monoisotopic (exact) mass is 869 g/mol. The average molecular weight is 869 g/mol. The van der Waals surface area contributed by atoms with E-state index >= 15 is 0 Å². The van der Waals surface area contributed by atoms with Gasteiger partial charge in [0.25, 0.3) is 5.91 Å². The largest absolute Gasteiger partial charge is 0.352 e. The van der Waals surface area contributed by atoms with Gasteiger partial charge in [-0.05, 0) is 55.9 Å². The van der Waals surface area contributed by atoms with E-state index in [1.165, 1.54) is 23.5 Å². The number of Topliss-reactive ketones (excluding diaryl/α,β-unsaturated/α-hetero) is 4. The summed E-state index contributed by atoms with van der Waals surface area (Å²) in [6.07, 6.45) is 16.6. The first-order chi connectivity index (χ1) is 30.4. The van der Waals surface area contributed by atoms with E-state index < -0.39 is 59.3 Å². The number of amides is 4. The molecule has 342 valence electrons. The Kier molecular flexibility index (Phi) is 19.1. The Hall–Kier alpha value is -5.14. The second-order valence-corrected chi connectivity index (χ2v) is 18.3. The molecule has 3 saturated carbocycles. The van der Waals surface area contributed by atoms with Crippen LogP contribution in [0.1, 0.15) is 157 Å². The minimum absolute atomic E-state index is 0.0261. The fourth-order valence-electron chi connectivity index (χ4n) is 9.93. The molecule has 14 nitrogen and oxygen atoms in total. The van der Waals surface area contributed by atoms with Crippen molar-refractivity contribution in [2.45, 2.75) is 153 Å². The summed E-state index contributed by atoms with van der Waals surface area (Å²) in [5, 5.41) is 8.86. The minimum Gasteiger partial charge on any atom is -0.352 e. The number of carbonyl (C=O) groups excluding carboxylic acids is 8. The summed E-state index contributed by atoms with van der Waals surface area (Å²) in [5.41, 5.74) is 0.716. The highest BCUT2D eigenvalue weighted by Gasteiger charge is 2.40. The van der Waals surface area contributed by atoms with Crippen molar-refractivity contribution >= 4 is 46.8 Å². The summed E-state index contributed by atoms with van der Waals surface area (Å²) in [4.78, 5) is 118. The molecule has 3 fully saturated rings. The molecular formula is C49H68N6O8. The average Bonchev–Trinajstić information content (AvgIpc) is 3.77. The van der Waals surface area contributed by atoms with E-state index in [9.17, 15) is 38.4 Å². The molecule has 6 atom stereocenters. The van der Waals surface area contributed by atoms with Crippen LogP contribution in [0.25, 0.3) is 0 Å². The number of carbonyl (C=O) groups is 8. The predicted molar refractivity (Wildman–Crippen MR) is 237 cm³/mol. The molecule has 1 unspecified atom stereocenters. The van der Waals surface area contributed by atoms with Gasteiger partial charge in [-0.2, -0.15) is 0 Å². The SMILES string of the molecule is CCC[C@H](CC(=O)[C@@H]1CCC[C@@H]1NC(=O)C(CC(=O)[C@@H](NC(=O)c1cnccn1)C1CCCCC1)CC1CCCCC1)C(=O)C(=O)CCC(=O)N[C@H](C(=O)N(C)C)c1ccccc1. The molecule has 2 aromatic rings. The van der Waals surface area contributed by atoms with Crippen molar-refractivity contribution in [3.8, 4) is 0 Å². The van der Waals surface area contributed by atoms with E-state index in [0.29, 0.717) is 50.0 Å². The lowest BCUT2D eigenvalue weighted by Crippen LogP contribution is -2.49. The molecule has 1 heterocycles. The third kappa shape index (κ3) is 14.4. The first-order valence-corrected chi connectivity index (χ1v) is 23.4. The first kappa shape index (κ1) is 48.9. The highest BCUT2D eigenvalue weighted by atomic mass is 16.2. The van der Waals surface area contributed by atoms with Crippen molar-refractivity contribution < 1.29 is 38.4 Å². The van der Waals surface area contributed by atoms with E-state index in [2.05, 4.69) is 25.9 Å². The van der Waals surface area contributed by atoms with Crippen molar-refractivity contribution in [1.82, 2.24) is 30.8 Å². The van der Waals surface area contributed by atoms with Crippen LogP contribution in [0.5, 0.6) is 0 Å². The number of likely N-dealkylation sites (N-methyl/N-ethyl adjacent to an activating group) is 1. The summed E-state index contributed by atoms with van der Waals surface area (Å²) < 4.78 is 0. The van der Waals surface area contributed by atoms with Crippen LogP contribution in [0.15, 0.2) is 48.9 Å². The molecule has 0 spiro atoms. The van der Waals surface area contributed by atoms with Crippen LogP contribution in [0.3, 0.4) is 0 Å². The number of nitrogens with one attached hydrogen (secondary N) is 3. The molecule has 4 amide bonds. The Balaban J connectivity index is 1.22. The van der Waals surface area contributed by atoms with Gasteiger partial charge in [0.05, 0.1) is 12.2 Å². The van der Waals surface area contributed by atoms with Crippen molar-refractivity contribution in [3.63, 3.8) is 0 Å². The van der Waals surface area contributed by atoms with Gasteiger partial charge in [-0.25, -0.2) is 4.98 Å². The van der Waals surface area contributed by atoms with Crippen molar-refractivity contribution in [3.05, 3.63) is 60.2 Å². The molecule has 3 N–H and O–H groups in total. The Morgan fingerprint density at radius 2 is 1.46 bits per heavy atom. The van der Waals surface area contributed by atoms with E-state index in [4.69, 9.17) is 0 Å². The van der Waals surface area contributed by atoms with Crippen molar-refractivity contribution in [1.29, 1.82) is 0 Å². The smallest absolute Gasteiger partial charge is 0.272 e. The number of hydrogen-bond acceptors (Lipinski definition) is 10. The van der Waals surface area contributed by atoms with Crippen LogP contribution in [0, 0.1) is 29.6 Å². The van der Waals surface area contributed by atoms with E-state index in [-0.39, 0.29) is 60.7 Å². The number of hydrogen-bond donors (Lipinski definition) is 3. The van der Waals surface area contributed by atoms with E-state index in [0.717, 1.165) is 64.2 Å². The fourth-order valence-corrected chi connectivity index (χ4v) is 9.93. The number of benzene rings is 1. The predicted octanol–water partition coefficient (Wildman–Crippen LogP) is 6.23. The van der Waals surface area contributed by atoms with E-state index in [1.54, 1.807) is 44.4 Å². The summed E-state index contributed by atoms with van der Waals surface area (Å²) in [5.74, 6) is -5.19. The van der Waals surface area contributed by atoms with Crippen LogP contribution >= 0.6 is 0 Å². The standard InChI is InChI=1S/C49H68N6O8/c1-4-15-35(46(60)40(56)24-25-43(59)53-45(49(63)55(2)3)34-20-12-7-13-21-34)29-41(57)37-22-14-23-38(37)52-47(61)36(28-32-16-8-5-9-17-32)30-42(58)44(33-18-10-6-11-19-33)54-48(62)39-31-50-26-27-51-39/h7,12-13,20-21,26-27,31-33,35-38,44-45H,4-6,8-11,14-19,22-25,28-30H2,1-3H3,(H,52,61)(H,53,59)(H,54,62)/t35-,36?,37-,38+,44+,45+/m1/s1. The number of nitrogens with zero attached hydrogens (tertiary/aromatic N) is 3. The Bertz CT molecular complexity index is 1880. The van der Waals surface area contributed by atoms with Crippen LogP contribution in [-0.2, 0) is 33.6 Å². The summed E-state index contributed by atoms with van der Waals surface area (Å²) in [7, 11) is 3.17. The highest BCUT2D eigenvalue weighted by molar-refractivity contribution is 6.38. The number of ketones is 4. The molecule has 0 radical (unpaired) electrons. The molecule has 14 heteroatoms. The van der Waals surface area contributed by atoms with Gasteiger partial charge in [0.1, 0.15) is 17.5 Å². The number of rotatable bonds is 23. The normalized spacial score (nSPS) is 20.0. The molecule has 63 heavy (non-hydrogen) atoms. The maximum absolute atomic E-state index is 14.4. The molecule has 0 bridgehead atoms. The van der Waals surface area contributed by atoms with Crippen molar-refractivity contribution in [2.24, 2.45) is 29.6 Å². The molecule has 3 aliphatic carbocycles. The Morgan fingerprint density at radius 1 is 0.762 bits per heavy atom. The van der Waals surface area contributed by atoms with Gasteiger partial charge < -0.3 is 20.9 Å². The maximum atomic E-state index is 14.4. The van der Waals surface area contributed by atoms with Crippen LogP contribution in [0.2, 0.25) is 0 Å². The zero-order valence-corrected chi connectivity index (χ0v) is 37.5. The van der Waals surface area contributed by atoms with Gasteiger partial charge in [0, 0.05) is 76.0 Å². The molecule has 0 aliphatic heterocycles. The molecular weight excluding hydrogens is 801 g/mol. The van der Waals surface area contributed by atoms with Gasteiger partial charge in [0.2, 0.25) is 23.5 Å². The summed E-state index contributed by atoms with van der Waals surface area (Å²) >= 11 is 0. The zero-order valence-electron chi connectivity index (χ0n) is 37.5. The van der Waals surface area contributed by atoms with E-state index in [1.807, 2.05) is 6.92 Å². The fraction of sp³-hybridized carbons (Fsp3) is 0.633.